The van der Waals surface area contributed by atoms with Crippen LogP contribution < -0.4 is 5.32 Å². The van der Waals surface area contributed by atoms with Crippen molar-refractivity contribution in [3.8, 4) is 0 Å². The van der Waals surface area contributed by atoms with E-state index < -0.39 is 0 Å². The van der Waals surface area contributed by atoms with Gasteiger partial charge in [0, 0.05) is 11.1 Å². The number of furan rings is 1. The third-order valence-corrected chi connectivity index (χ3v) is 5.05. The van der Waals surface area contributed by atoms with Gasteiger partial charge in [0.1, 0.15) is 5.76 Å². The molecular formula is C15H16Br2ClNO. The van der Waals surface area contributed by atoms with Gasteiger partial charge >= 0.3 is 0 Å². The van der Waals surface area contributed by atoms with Crippen LogP contribution in [0.25, 0.3) is 0 Å². The maximum absolute atomic E-state index is 5.94. The van der Waals surface area contributed by atoms with E-state index in [1.54, 1.807) is 0 Å². The van der Waals surface area contributed by atoms with Gasteiger partial charge in [-0.3, -0.25) is 0 Å². The van der Waals surface area contributed by atoms with Crippen molar-refractivity contribution in [2.45, 2.75) is 26.4 Å². The van der Waals surface area contributed by atoms with Gasteiger partial charge in [0.05, 0.1) is 11.0 Å². The minimum Gasteiger partial charge on any atom is -0.452 e. The molecule has 0 aliphatic carbocycles. The highest BCUT2D eigenvalue weighted by molar-refractivity contribution is 9.13. The fourth-order valence-corrected chi connectivity index (χ4v) is 2.88. The van der Waals surface area contributed by atoms with E-state index in [-0.39, 0.29) is 6.04 Å². The first-order valence-corrected chi connectivity index (χ1v) is 8.36. The van der Waals surface area contributed by atoms with Gasteiger partial charge in [-0.2, -0.15) is 0 Å². The molecule has 0 saturated heterocycles. The van der Waals surface area contributed by atoms with Gasteiger partial charge in [0.2, 0.25) is 0 Å². The van der Waals surface area contributed by atoms with Crippen molar-refractivity contribution >= 4 is 43.5 Å². The molecule has 0 radical (unpaired) electrons. The Hall–Kier alpha value is -0.290. The summed E-state index contributed by atoms with van der Waals surface area (Å²) >= 11 is 12.7. The standard InChI is InChI=1S/C15H16Br2ClNO/c1-9(2)14(10-3-5-11(18)6-4-10)19-8-12-7-13(16)15(17)20-12/h3-7,9,14,19H,8H2,1-2H3. The zero-order valence-electron chi connectivity index (χ0n) is 11.3. The monoisotopic (exact) mass is 419 g/mol. The highest BCUT2D eigenvalue weighted by Gasteiger charge is 2.16. The quantitative estimate of drug-likeness (QED) is 0.646. The first kappa shape index (κ1) is 16.1. The Morgan fingerprint density at radius 3 is 2.35 bits per heavy atom. The second-order valence-electron chi connectivity index (χ2n) is 4.99. The molecule has 1 atom stereocenters. The van der Waals surface area contributed by atoms with Crippen molar-refractivity contribution in [1.29, 1.82) is 0 Å². The number of rotatable bonds is 5. The van der Waals surface area contributed by atoms with Crippen LogP contribution in [-0.2, 0) is 6.54 Å². The number of nitrogens with one attached hydrogen (secondary N) is 1. The molecule has 0 aliphatic heterocycles. The van der Waals surface area contributed by atoms with Crippen LogP contribution in [0, 0.1) is 5.92 Å². The van der Waals surface area contributed by atoms with E-state index >= 15 is 0 Å². The van der Waals surface area contributed by atoms with Crippen LogP contribution in [0.1, 0.15) is 31.2 Å². The molecule has 2 nitrogen and oxygen atoms in total. The Morgan fingerprint density at radius 1 is 1.20 bits per heavy atom. The van der Waals surface area contributed by atoms with Crippen molar-refractivity contribution in [3.05, 3.63) is 55.8 Å². The van der Waals surface area contributed by atoms with Crippen LogP contribution in [0.2, 0.25) is 5.02 Å². The Balaban J connectivity index is 2.08. The van der Waals surface area contributed by atoms with Crippen LogP contribution in [-0.4, -0.2) is 0 Å². The lowest BCUT2D eigenvalue weighted by atomic mass is 9.96. The van der Waals surface area contributed by atoms with Gasteiger partial charge in [-0.15, -0.1) is 0 Å². The first-order valence-electron chi connectivity index (χ1n) is 6.40. The summed E-state index contributed by atoms with van der Waals surface area (Å²) in [4.78, 5) is 0. The zero-order valence-corrected chi connectivity index (χ0v) is 15.2. The number of hydrogen-bond donors (Lipinski definition) is 1. The molecule has 1 heterocycles. The minimum absolute atomic E-state index is 0.259. The van der Waals surface area contributed by atoms with Gasteiger partial charge in [-0.1, -0.05) is 37.6 Å². The minimum atomic E-state index is 0.259. The predicted molar refractivity (Wildman–Crippen MR) is 90.0 cm³/mol. The third-order valence-electron chi connectivity index (χ3n) is 3.09. The van der Waals surface area contributed by atoms with E-state index in [1.807, 2.05) is 18.2 Å². The van der Waals surface area contributed by atoms with Crippen LogP contribution in [0.5, 0.6) is 0 Å². The summed E-state index contributed by atoms with van der Waals surface area (Å²) in [6, 6.07) is 10.2. The molecule has 0 saturated carbocycles. The van der Waals surface area contributed by atoms with Crippen molar-refractivity contribution in [3.63, 3.8) is 0 Å². The summed E-state index contributed by atoms with van der Waals surface area (Å²) in [6.45, 7) is 5.07. The maximum Gasteiger partial charge on any atom is 0.183 e. The largest absolute Gasteiger partial charge is 0.452 e. The zero-order chi connectivity index (χ0) is 14.7. The fourth-order valence-electron chi connectivity index (χ4n) is 2.10. The average molecular weight is 422 g/mol. The summed E-state index contributed by atoms with van der Waals surface area (Å²) < 4.78 is 7.24. The highest BCUT2D eigenvalue weighted by Crippen LogP contribution is 2.28. The molecule has 5 heteroatoms. The molecule has 1 unspecified atom stereocenters. The van der Waals surface area contributed by atoms with Crippen molar-refractivity contribution < 1.29 is 4.42 Å². The van der Waals surface area contributed by atoms with E-state index in [2.05, 4.69) is 63.2 Å². The van der Waals surface area contributed by atoms with Crippen LogP contribution in [0.15, 0.2) is 43.9 Å². The molecule has 1 aromatic carbocycles. The number of halogens is 3. The van der Waals surface area contributed by atoms with Gasteiger partial charge in [-0.05, 0) is 61.5 Å². The summed E-state index contributed by atoms with van der Waals surface area (Å²) in [7, 11) is 0. The van der Waals surface area contributed by atoms with Crippen LogP contribution in [0.4, 0.5) is 0 Å². The molecule has 2 rings (SSSR count). The van der Waals surface area contributed by atoms with E-state index in [0.29, 0.717) is 12.5 Å². The number of benzene rings is 1. The smallest absolute Gasteiger partial charge is 0.183 e. The molecule has 0 fully saturated rings. The third kappa shape index (κ3) is 4.10. The Bertz CT molecular complexity index is 546. The fraction of sp³-hybridized carbons (Fsp3) is 0.333. The molecule has 20 heavy (non-hydrogen) atoms. The Morgan fingerprint density at radius 2 is 1.85 bits per heavy atom. The second-order valence-corrected chi connectivity index (χ2v) is 7.00. The summed E-state index contributed by atoms with van der Waals surface area (Å²) in [6.07, 6.45) is 0. The average Bonchev–Trinajstić information content (AvgIpc) is 2.71. The molecule has 0 bridgehead atoms. The van der Waals surface area contributed by atoms with E-state index in [9.17, 15) is 0 Å². The highest BCUT2D eigenvalue weighted by atomic mass is 79.9. The summed E-state index contributed by atoms with van der Waals surface area (Å²) in [5, 5.41) is 4.29. The SMILES string of the molecule is CC(C)C(NCc1cc(Br)c(Br)o1)c1ccc(Cl)cc1. The lowest BCUT2D eigenvalue weighted by Crippen LogP contribution is -2.25. The predicted octanol–water partition coefficient (Wildman–Crippen LogP) is 5.94. The summed E-state index contributed by atoms with van der Waals surface area (Å²) in [5.41, 5.74) is 1.23. The Labute approximate surface area is 141 Å². The van der Waals surface area contributed by atoms with E-state index in [4.69, 9.17) is 16.0 Å². The second kappa shape index (κ2) is 7.12. The normalized spacial score (nSPS) is 12.9. The molecule has 0 amide bonds. The molecule has 1 aromatic heterocycles. The van der Waals surface area contributed by atoms with E-state index in [0.717, 1.165) is 19.9 Å². The van der Waals surface area contributed by atoms with Crippen LogP contribution in [0.3, 0.4) is 0 Å². The molecular weight excluding hydrogens is 405 g/mol. The lowest BCUT2D eigenvalue weighted by Gasteiger charge is -2.22. The maximum atomic E-state index is 5.94. The van der Waals surface area contributed by atoms with Gasteiger partial charge in [-0.25, -0.2) is 0 Å². The van der Waals surface area contributed by atoms with Crippen molar-refractivity contribution in [2.75, 3.05) is 0 Å². The molecule has 1 N–H and O–H groups in total. The van der Waals surface area contributed by atoms with E-state index in [1.165, 1.54) is 5.56 Å². The molecule has 0 spiro atoms. The van der Waals surface area contributed by atoms with Gasteiger partial charge in [0.25, 0.3) is 0 Å². The van der Waals surface area contributed by atoms with Crippen molar-refractivity contribution in [1.82, 2.24) is 5.32 Å². The first-order chi connectivity index (χ1) is 9.47. The summed E-state index contributed by atoms with van der Waals surface area (Å²) in [5.74, 6) is 1.36. The number of hydrogen-bond acceptors (Lipinski definition) is 2. The van der Waals surface area contributed by atoms with Gasteiger partial charge in [0.15, 0.2) is 4.67 Å². The van der Waals surface area contributed by atoms with Crippen molar-refractivity contribution in [2.24, 2.45) is 5.92 Å². The lowest BCUT2D eigenvalue weighted by molar-refractivity contribution is 0.380. The van der Waals surface area contributed by atoms with Crippen LogP contribution >= 0.6 is 43.5 Å². The van der Waals surface area contributed by atoms with Gasteiger partial charge < -0.3 is 9.73 Å². The molecule has 0 aliphatic rings. The topological polar surface area (TPSA) is 25.2 Å². The Kier molecular flexibility index (Phi) is 5.73. The molecule has 2 aromatic rings. The molecule has 108 valence electrons.